The normalized spacial score (nSPS) is 41.1. The van der Waals surface area contributed by atoms with Gasteiger partial charge in [0.25, 0.3) is 0 Å². The molecule has 0 spiro atoms. The molecule has 1 saturated heterocycles. The number of fused-ring (bicyclic) bond motifs is 1. The van der Waals surface area contributed by atoms with Crippen molar-refractivity contribution in [3.63, 3.8) is 0 Å². The lowest BCUT2D eigenvalue weighted by molar-refractivity contribution is -0.150. The van der Waals surface area contributed by atoms with Crippen LogP contribution in [0.15, 0.2) is 0 Å². The molecule has 74 valence electrons. The van der Waals surface area contributed by atoms with Gasteiger partial charge in [0, 0.05) is 9.84 Å². The molecule has 3 heteroatoms. The van der Waals surface area contributed by atoms with Gasteiger partial charge < -0.3 is 4.74 Å². The molecule has 1 aliphatic heterocycles. The number of rotatable bonds is 1. The molecule has 1 heterocycles. The van der Waals surface area contributed by atoms with Gasteiger partial charge in [-0.2, -0.15) is 0 Å². The zero-order valence-corrected chi connectivity index (χ0v) is 10.0. The molecule has 13 heavy (non-hydrogen) atoms. The van der Waals surface area contributed by atoms with Crippen LogP contribution in [0, 0.1) is 5.92 Å². The van der Waals surface area contributed by atoms with Gasteiger partial charge in [-0.3, -0.25) is 4.79 Å². The van der Waals surface area contributed by atoms with Crippen molar-refractivity contribution in [3.8, 4) is 0 Å². The molecule has 3 atom stereocenters. The molecule has 2 rings (SSSR count). The third-order valence-electron chi connectivity index (χ3n) is 3.45. The maximum absolute atomic E-state index is 11.3. The minimum absolute atomic E-state index is 0.0235. The Bertz CT molecular complexity index is 227. The minimum Gasteiger partial charge on any atom is -0.458 e. The topological polar surface area (TPSA) is 26.3 Å². The highest BCUT2D eigenvalue weighted by molar-refractivity contribution is 14.1. The fraction of sp³-hybridized carbons (Fsp3) is 0.900. The molecule has 0 aromatic heterocycles. The summed E-state index contributed by atoms with van der Waals surface area (Å²) in [5.74, 6) is 0.524. The monoisotopic (exact) mass is 294 g/mol. The van der Waals surface area contributed by atoms with E-state index in [1.165, 1.54) is 19.3 Å². The number of carbonyl (C=O) groups excluding carboxylic acids is 1. The summed E-state index contributed by atoms with van der Waals surface area (Å²) in [5, 5.41) is 0. The number of carbonyl (C=O) groups is 1. The van der Waals surface area contributed by atoms with Crippen molar-refractivity contribution in [2.45, 2.75) is 48.6 Å². The molecule has 0 N–H and O–H groups in total. The standard InChI is InChI=1S/C10H15IO2/c1-7(11)10-5-3-2-4-8(10)6-9(12)13-10/h7-8H,2-6H2,1H3. The van der Waals surface area contributed by atoms with Crippen molar-refractivity contribution in [3.05, 3.63) is 0 Å². The number of hydrogen-bond acceptors (Lipinski definition) is 2. The van der Waals surface area contributed by atoms with Crippen LogP contribution < -0.4 is 0 Å². The number of ether oxygens (including phenoxy) is 1. The zero-order chi connectivity index (χ0) is 9.47. The van der Waals surface area contributed by atoms with Gasteiger partial charge >= 0.3 is 5.97 Å². The first-order valence-corrected chi connectivity index (χ1v) is 6.25. The fourth-order valence-electron chi connectivity index (χ4n) is 2.71. The summed E-state index contributed by atoms with van der Waals surface area (Å²) in [6, 6.07) is 0. The van der Waals surface area contributed by atoms with Crippen LogP contribution in [-0.2, 0) is 9.53 Å². The predicted molar refractivity (Wildman–Crippen MR) is 58.9 cm³/mol. The molecule has 2 fully saturated rings. The van der Waals surface area contributed by atoms with Gasteiger partial charge in [-0.25, -0.2) is 0 Å². The maximum Gasteiger partial charge on any atom is 0.306 e. The Kier molecular flexibility index (Phi) is 2.55. The number of esters is 1. The summed E-state index contributed by atoms with van der Waals surface area (Å²) in [5.41, 5.74) is -0.101. The summed E-state index contributed by atoms with van der Waals surface area (Å²) in [7, 11) is 0. The number of halogens is 1. The third-order valence-corrected chi connectivity index (χ3v) is 4.51. The molecule has 1 aliphatic carbocycles. The van der Waals surface area contributed by atoms with Crippen molar-refractivity contribution in [2.75, 3.05) is 0 Å². The Morgan fingerprint density at radius 3 is 3.00 bits per heavy atom. The first-order chi connectivity index (χ1) is 6.15. The van der Waals surface area contributed by atoms with E-state index in [1.807, 2.05) is 0 Å². The smallest absolute Gasteiger partial charge is 0.306 e. The highest BCUT2D eigenvalue weighted by Gasteiger charge is 2.52. The summed E-state index contributed by atoms with van der Waals surface area (Å²) in [6.07, 6.45) is 5.41. The quantitative estimate of drug-likeness (QED) is 0.422. The van der Waals surface area contributed by atoms with E-state index in [0.29, 0.717) is 16.3 Å². The molecule has 2 nitrogen and oxygen atoms in total. The van der Waals surface area contributed by atoms with Crippen LogP contribution in [-0.4, -0.2) is 15.5 Å². The molecule has 0 amide bonds. The van der Waals surface area contributed by atoms with Crippen LogP contribution in [0.3, 0.4) is 0 Å². The molecule has 0 aromatic rings. The third kappa shape index (κ3) is 1.49. The highest BCUT2D eigenvalue weighted by atomic mass is 127. The molecule has 1 saturated carbocycles. The Morgan fingerprint density at radius 2 is 2.38 bits per heavy atom. The Labute approximate surface area is 92.5 Å². The van der Waals surface area contributed by atoms with E-state index >= 15 is 0 Å². The molecular weight excluding hydrogens is 279 g/mol. The van der Waals surface area contributed by atoms with Gasteiger partial charge in [0.2, 0.25) is 0 Å². The van der Waals surface area contributed by atoms with Crippen molar-refractivity contribution >= 4 is 28.6 Å². The van der Waals surface area contributed by atoms with Crippen LogP contribution in [0.1, 0.15) is 39.0 Å². The minimum atomic E-state index is -0.101. The maximum atomic E-state index is 11.3. The second kappa shape index (κ2) is 3.41. The average molecular weight is 294 g/mol. The summed E-state index contributed by atoms with van der Waals surface area (Å²) < 4.78 is 6.01. The van der Waals surface area contributed by atoms with Crippen molar-refractivity contribution in [1.82, 2.24) is 0 Å². The molecule has 0 radical (unpaired) electrons. The van der Waals surface area contributed by atoms with Gasteiger partial charge in [0.1, 0.15) is 5.60 Å². The van der Waals surface area contributed by atoms with E-state index in [4.69, 9.17) is 4.74 Å². The lowest BCUT2D eigenvalue weighted by atomic mass is 9.74. The van der Waals surface area contributed by atoms with E-state index in [0.717, 1.165) is 6.42 Å². The Morgan fingerprint density at radius 1 is 1.62 bits per heavy atom. The van der Waals surface area contributed by atoms with Crippen LogP contribution in [0.25, 0.3) is 0 Å². The van der Waals surface area contributed by atoms with Crippen LogP contribution in [0.4, 0.5) is 0 Å². The van der Waals surface area contributed by atoms with Crippen LogP contribution in [0.2, 0.25) is 0 Å². The van der Waals surface area contributed by atoms with E-state index < -0.39 is 0 Å². The second-order valence-electron chi connectivity index (χ2n) is 4.19. The van der Waals surface area contributed by atoms with E-state index in [2.05, 4.69) is 29.5 Å². The molecule has 0 bridgehead atoms. The van der Waals surface area contributed by atoms with E-state index in [1.54, 1.807) is 0 Å². The fourth-order valence-corrected chi connectivity index (χ4v) is 3.66. The SMILES string of the molecule is CC(I)C12CCCCC1CC(=O)O2. The zero-order valence-electron chi connectivity index (χ0n) is 7.88. The largest absolute Gasteiger partial charge is 0.458 e. The summed E-state index contributed by atoms with van der Waals surface area (Å²) in [4.78, 5) is 11.3. The van der Waals surface area contributed by atoms with Gasteiger partial charge in [0.05, 0.1) is 6.42 Å². The highest BCUT2D eigenvalue weighted by Crippen LogP contribution is 2.48. The molecule has 3 unspecified atom stereocenters. The van der Waals surface area contributed by atoms with E-state index in [-0.39, 0.29) is 11.6 Å². The predicted octanol–water partition coefficient (Wildman–Crippen LogP) is 2.69. The molecule has 2 aliphatic rings. The van der Waals surface area contributed by atoms with Gasteiger partial charge in [-0.15, -0.1) is 0 Å². The lowest BCUT2D eigenvalue weighted by Crippen LogP contribution is -2.44. The van der Waals surface area contributed by atoms with Gasteiger partial charge in [-0.05, 0) is 26.2 Å². The van der Waals surface area contributed by atoms with Crippen molar-refractivity contribution in [2.24, 2.45) is 5.92 Å². The second-order valence-corrected chi connectivity index (χ2v) is 6.06. The number of alkyl halides is 1. The van der Waals surface area contributed by atoms with Gasteiger partial charge in [-0.1, -0.05) is 29.0 Å². The first kappa shape index (κ1) is 9.74. The summed E-state index contributed by atoms with van der Waals surface area (Å²) in [6.45, 7) is 2.16. The van der Waals surface area contributed by atoms with Crippen molar-refractivity contribution in [1.29, 1.82) is 0 Å². The molecule has 0 aromatic carbocycles. The average Bonchev–Trinajstić information content (AvgIpc) is 2.41. The van der Waals surface area contributed by atoms with Crippen LogP contribution >= 0.6 is 22.6 Å². The first-order valence-electron chi connectivity index (χ1n) is 5.01. The van der Waals surface area contributed by atoms with Crippen molar-refractivity contribution < 1.29 is 9.53 Å². The lowest BCUT2D eigenvalue weighted by Gasteiger charge is -2.39. The van der Waals surface area contributed by atoms with E-state index in [9.17, 15) is 4.79 Å². The Hall–Kier alpha value is 0.200. The molecular formula is C10H15IO2. The van der Waals surface area contributed by atoms with Crippen LogP contribution in [0.5, 0.6) is 0 Å². The Balaban J connectivity index is 2.24. The van der Waals surface area contributed by atoms with Gasteiger partial charge in [0.15, 0.2) is 0 Å². The summed E-state index contributed by atoms with van der Waals surface area (Å²) >= 11 is 2.40. The number of hydrogen-bond donors (Lipinski definition) is 0.